The van der Waals surface area contributed by atoms with Gasteiger partial charge in [-0.15, -0.1) is 0 Å². The van der Waals surface area contributed by atoms with Crippen LogP contribution >= 0.6 is 0 Å². The lowest BCUT2D eigenvalue weighted by Crippen LogP contribution is -2.36. The molecule has 0 aromatic rings. The zero-order chi connectivity index (χ0) is 31.7. The van der Waals surface area contributed by atoms with E-state index < -0.39 is 0 Å². The van der Waals surface area contributed by atoms with Crippen LogP contribution in [0.25, 0.3) is 0 Å². The number of imide groups is 1. The normalized spacial score (nSPS) is 14.9. The van der Waals surface area contributed by atoms with Crippen molar-refractivity contribution in [3.63, 3.8) is 0 Å². The molecular formula is C29H52N4O10. The van der Waals surface area contributed by atoms with Crippen molar-refractivity contribution in [2.75, 3.05) is 92.2 Å². The largest absolute Gasteiger partial charge is 0.379 e. The number of rotatable bonds is 27. The first-order chi connectivity index (χ1) is 20.8. The summed E-state index contributed by atoms with van der Waals surface area (Å²) in [7, 11) is 0. The van der Waals surface area contributed by atoms with Crippen LogP contribution in [0.5, 0.6) is 0 Å². The minimum atomic E-state index is -0.287. The molecule has 0 aromatic carbocycles. The van der Waals surface area contributed by atoms with Crippen molar-refractivity contribution in [3.8, 4) is 0 Å². The Kier molecular flexibility index (Phi) is 22.1. The Morgan fingerprint density at radius 3 is 1.56 bits per heavy atom. The van der Waals surface area contributed by atoms with Crippen LogP contribution in [-0.2, 0) is 47.7 Å². The average molecular weight is 617 g/mol. The molecule has 0 aliphatic carbocycles. The highest BCUT2D eigenvalue weighted by Gasteiger charge is 2.39. The van der Waals surface area contributed by atoms with Crippen LogP contribution in [0.1, 0.15) is 52.9 Å². The third-order valence-electron chi connectivity index (χ3n) is 6.42. The highest BCUT2D eigenvalue weighted by Crippen LogP contribution is 2.26. The first-order valence-electron chi connectivity index (χ1n) is 15.3. The second-order valence-electron chi connectivity index (χ2n) is 10.3. The maximum absolute atomic E-state index is 12.3. The van der Waals surface area contributed by atoms with Gasteiger partial charge in [0.25, 0.3) is 0 Å². The van der Waals surface area contributed by atoms with Crippen LogP contribution in [0, 0.1) is 11.8 Å². The minimum Gasteiger partial charge on any atom is -0.379 e. The Morgan fingerprint density at radius 2 is 1.09 bits per heavy atom. The summed E-state index contributed by atoms with van der Waals surface area (Å²) in [5, 5.41) is 8.22. The number of hydrogen-bond acceptors (Lipinski definition) is 10. The van der Waals surface area contributed by atoms with Crippen molar-refractivity contribution < 1.29 is 47.7 Å². The summed E-state index contributed by atoms with van der Waals surface area (Å²) in [6.45, 7) is 10.8. The maximum atomic E-state index is 12.3. The van der Waals surface area contributed by atoms with E-state index in [4.69, 9.17) is 23.7 Å². The van der Waals surface area contributed by atoms with E-state index >= 15 is 0 Å². The van der Waals surface area contributed by atoms with Crippen molar-refractivity contribution in [2.45, 2.75) is 52.9 Å². The van der Waals surface area contributed by atoms with Gasteiger partial charge in [0.05, 0.1) is 66.1 Å². The Balaban J connectivity index is 1.81. The molecule has 0 bridgehead atoms. The molecule has 0 spiro atoms. The number of likely N-dealkylation sites (tertiary alicyclic amines) is 1. The lowest BCUT2D eigenvalue weighted by atomic mass is 9.94. The van der Waals surface area contributed by atoms with Gasteiger partial charge in [0, 0.05) is 57.8 Å². The molecule has 1 fully saturated rings. The molecule has 1 atom stereocenters. The van der Waals surface area contributed by atoms with E-state index in [-0.39, 0.29) is 67.2 Å². The van der Waals surface area contributed by atoms with Gasteiger partial charge in [0.2, 0.25) is 29.5 Å². The Labute approximate surface area is 255 Å². The second-order valence-corrected chi connectivity index (χ2v) is 10.3. The Hall–Kier alpha value is -2.65. The predicted octanol–water partition coefficient (Wildman–Crippen LogP) is 0.0294. The zero-order valence-electron chi connectivity index (χ0n) is 26.1. The summed E-state index contributed by atoms with van der Waals surface area (Å²) < 4.78 is 27.0. The summed E-state index contributed by atoms with van der Waals surface area (Å²) >= 11 is 0. The maximum Gasteiger partial charge on any atom is 0.233 e. The quantitative estimate of drug-likeness (QED) is 0.0845. The summed E-state index contributed by atoms with van der Waals surface area (Å²) in [6.07, 6.45) is 1.87. The van der Waals surface area contributed by atoms with Crippen LogP contribution in [0.15, 0.2) is 0 Å². The third kappa shape index (κ3) is 19.3. The van der Waals surface area contributed by atoms with E-state index in [0.29, 0.717) is 92.1 Å². The molecule has 1 unspecified atom stereocenters. The first kappa shape index (κ1) is 38.4. The molecule has 1 aliphatic heterocycles. The molecule has 43 heavy (non-hydrogen) atoms. The van der Waals surface area contributed by atoms with Gasteiger partial charge >= 0.3 is 0 Å². The smallest absolute Gasteiger partial charge is 0.233 e. The summed E-state index contributed by atoms with van der Waals surface area (Å²) in [4.78, 5) is 60.5. The number of amides is 5. The molecule has 0 aromatic heterocycles. The summed E-state index contributed by atoms with van der Waals surface area (Å²) in [5.74, 6) is -0.919. The lowest BCUT2D eigenvalue weighted by Gasteiger charge is -2.16. The molecule has 0 saturated carbocycles. The van der Waals surface area contributed by atoms with Crippen molar-refractivity contribution in [2.24, 2.45) is 11.8 Å². The van der Waals surface area contributed by atoms with Crippen molar-refractivity contribution in [3.05, 3.63) is 0 Å². The van der Waals surface area contributed by atoms with E-state index in [9.17, 15) is 24.0 Å². The van der Waals surface area contributed by atoms with Crippen LogP contribution in [0.4, 0.5) is 0 Å². The Bertz CT molecular complexity index is 827. The van der Waals surface area contributed by atoms with Crippen molar-refractivity contribution >= 4 is 29.5 Å². The molecule has 5 amide bonds. The van der Waals surface area contributed by atoms with Crippen LogP contribution in [0.3, 0.4) is 0 Å². The number of carbonyl (C=O) groups excluding carboxylic acids is 5. The third-order valence-corrected chi connectivity index (χ3v) is 6.42. The number of nitrogens with one attached hydrogen (secondary N) is 3. The zero-order valence-corrected chi connectivity index (χ0v) is 26.1. The number of carbonyl (C=O) groups is 5. The number of ether oxygens (including phenoxy) is 5. The second kappa shape index (κ2) is 24.8. The standard InChI is InChI=1S/C29H52N4O10/c1-4-5-25(34)30-8-13-40-14-9-32-27(36)7-12-39-16-18-42-20-21-43-19-17-41-15-10-31-26(35)6-11-33-28(37)22-24(23(2)3)29(33)38/h23-24H,4-22H2,1-3H3,(H,30,34)(H,31,35)(H,32,36). The van der Waals surface area contributed by atoms with E-state index in [0.717, 1.165) is 6.42 Å². The van der Waals surface area contributed by atoms with Gasteiger partial charge < -0.3 is 39.6 Å². The van der Waals surface area contributed by atoms with Crippen LogP contribution in [-0.4, -0.2) is 127 Å². The highest BCUT2D eigenvalue weighted by atomic mass is 16.6. The van der Waals surface area contributed by atoms with Gasteiger partial charge in [-0.1, -0.05) is 20.8 Å². The first-order valence-corrected chi connectivity index (χ1v) is 15.3. The topological polar surface area (TPSA) is 171 Å². The molecule has 1 aliphatic rings. The molecule has 248 valence electrons. The van der Waals surface area contributed by atoms with Gasteiger partial charge in [-0.2, -0.15) is 0 Å². The van der Waals surface area contributed by atoms with Gasteiger partial charge in [-0.05, 0) is 12.3 Å². The van der Waals surface area contributed by atoms with E-state index in [1.807, 2.05) is 20.8 Å². The molecule has 0 radical (unpaired) electrons. The van der Waals surface area contributed by atoms with Crippen molar-refractivity contribution in [1.82, 2.24) is 20.9 Å². The van der Waals surface area contributed by atoms with Crippen LogP contribution in [0.2, 0.25) is 0 Å². The fourth-order valence-corrected chi connectivity index (χ4v) is 3.99. The summed E-state index contributed by atoms with van der Waals surface area (Å²) in [5.41, 5.74) is 0. The highest BCUT2D eigenvalue weighted by molar-refractivity contribution is 6.03. The fourth-order valence-electron chi connectivity index (χ4n) is 3.99. The fraction of sp³-hybridized carbons (Fsp3) is 0.828. The van der Waals surface area contributed by atoms with Gasteiger partial charge in [0.15, 0.2) is 0 Å². The minimum absolute atomic E-state index is 0.0177. The average Bonchev–Trinajstić information content (AvgIpc) is 3.26. The number of hydrogen-bond donors (Lipinski definition) is 3. The Morgan fingerprint density at radius 1 is 0.674 bits per heavy atom. The SMILES string of the molecule is CCCC(=O)NCCOCCNC(=O)CCOCCOCCOCCOCCNC(=O)CCN1C(=O)CC(C(C)C)C1=O. The predicted molar refractivity (Wildman–Crippen MR) is 157 cm³/mol. The summed E-state index contributed by atoms with van der Waals surface area (Å²) in [6, 6.07) is 0. The monoisotopic (exact) mass is 616 g/mol. The van der Waals surface area contributed by atoms with E-state index in [1.165, 1.54) is 4.90 Å². The van der Waals surface area contributed by atoms with Gasteiger partial charge in [-0.25, -0.2) is 0 Å². The molecule has 1 heterocycles. The van der Waals surface area contributed by atoms with Gasteiger partial charge in [0.1, 0.15) is 0 Å². The molecule has 14 nitrogen and oxygen atoms in total. The van der Waals surface area contributed by atoms with E-state index in [2.05, 4.69) is 16.0 Å². The van der Waals surface area contributed by atoms with Crippen LogP contribution < -0.4 is 16.0 Å². The molecule has 1 rings (SSSR count). The van der Waals surface area contributed by atoms with E-state index in [1.54, 1.807) is 0 Å². The van der Waals surface area contributed by atoms with Gasteiger partial charge in [-0.3, -0.25) is 28.9 Å². The number of nitrogens with zero attached hydrogens (tertiary/aromatic N) is 1. The molecular weight excluding hydrogens is 564 g/mol. The molecule has 14 heteroatoms. The molecule has 3 N–H and O–H groups in total. The molecule has 1 saturated heterocycles. The van der Waals surface area contributed by atoms with Crippen molar-refractivity contribution in [1.29, 1.82) is 0 Å². The lowest BCUT2D eigenvalue weighted by molar-refractivity contribution is -0.140.